The highest BCUT2D eigenvalue weighted by molar-refractivity contribution is 6.16. The third kappa shape index (κ3) is 2.46. The predicted octanol–water partition coefficient (Wildman–Crippen LogP) is 5.31. The smallest absolute Gasteiger partial charge is 0.125 e. The van der Waals surface area contributed by atoms with Gasteiger partial charge in [-0.15, -0.1) is 11.6 Å². The third-order valence-electron chi connectivity index (χ3n) is 4.73. The van der Waals surface area contributed by atoms with Crippen LogP contribution in [0.25, 0.3) is 11.0 Å². The highest BCUT2D eigenvalue weighted by atomic mass is 35.5. The summed E-state index contributed by atoms with van der Waals surface area (Å²) in [5.41, 5.74) is 2.33. The van der Waals surface area contributed by atoms with E-state index in [1.165, 1.54) is 37.6 Å². The van der Waals surface area contributed by atoms with Gasteiger partial charge in [-0.25, -0.2) is 4.98 Å². The number of para-hydroxylation sites is 2. The van der Waals surface area contributed by atoms with E-state index in [4.69, 9.17) is 16.6 Å². The first-order chi connectivity index (χ1) is 9.85. The second-order valence-electron chi connectivity index (χ2n) is 5.89. The van der Waals surface area contributed by atoms with Gasteiger partial charge < -0.3 is 4.57 Å². The third-order valence-corrected chi connectivity index (χ3v) is 4.97. The minimum atomic E-state index is 0.498. The van der Waals surface area contributed by atoms with Crippen LogP contribution in [0.5, 0.6) is 0 Å². The van der Waals surface area contributed by atoms with Crippen molar-refractivity contribution < 1.29 is 0 Å². The average Bonchev–Trinajstić information content (AvgIpc) is 2.88. The van der Waals surface area contributed by atoms with Crippen LogP contribution in [-0.4, -0.2) is 9.55 Å². The molecule has 0 bridgehead atoms. The van der Waals surface area contributed by atoms with Crippen molar-refractivity contribution in [2.24, 2.45) is 5.92 Å². The molecule has 0 N–H and O–H groups in total. The fourth-order valence-corrected chi connectivity index (χ4v) is 3.99. The van der Waals surface area contributed by atoms with Crippen molar-refractivity contribution in [3.05, 3.63) is 30.1 Å². The van der Waals surface area contributed by atoms with E-state index in [-0.39, 0.29) is 0 Å². The molecule has 2 aromatic rings. The van der Waals surface area contributed by atoms with Gasteiger partial charge in [0.15, 0.2) is 0 Å². The Labute approximate surface area is 126 Å². The van der Waals surface area contributed by atoms with Gasteiger partial charge in [0.2, 0.25) is 0 Å². The van der Waals surface area contributed by atoms with E-state index in [2.05, 4.69) is 35.8 Å². The molecule has 1 atom stereocenters. The van der Waals surface area contributed by atoms with Gasteiger partial charge in [0, 0.05) is 6.04 Å². The molecule has 1 aliphatic rings. The van der Waals surface area contributed by atoms with E-state index in [1.54, 1.807) is 0 Å². The number of hydrogen-bond donors (Lipinski definition) is 0. The van der Waals surface area contributed by atoms with Gasteiger partial charge in [0.05, 0.1) is 16.9 Å². The molecule has 0 aliphatic heterocycles. The van der Waals surface area contributed by atoms with E-state index in [0.29, 0.717) is 11.9 Å². The minimum Gasteiger partial charge on any atom is -0.324 e. The summed E-state index contributed by atoms with van der Waals surface area (Å²) in [7, 11) is 0. The number of fused-ring (bicyclic) bond motifs is 1. The van der Waals surface area contributed by atoms with Crippen LogP contribution in [0.4, 0.5) is 0 Å². The molecule has 2 nitrogen and oxygen atoms in total. The molecule has 1 aromatic carbocycles. The van der Waals surface area contributed by atoms with Gasteiger partial charge in [-0.1, -0.05) is 38.3 Å². The van der Waals surface area contributed by atoms with E-state index in [9.17, 15) is 0 Å². The fraction of sp³-hybridized carbons (Fsp3) is 0.588. The number of imidazole rings is 1. The van der Waals surface area contributed by atoms with Crippen LogP contribution >= 0.6 is 11.6 Å². The maximum absolute atomic E-state index is 6.16. The second kappa shape index (κ2) is 6.17. The highest BCUT2D eigenvalue weighted by Gasteiger charge is 2.26. The first kappa shape index (κ1) is 13.9. The van der Waals surface area contributed by atoms with Crippen LogP contribution in [0.3, 0.4) is 0 Å². The maximum Gasteiger partial charge on any atom is 0.125 e. The monoisotopic (exact) mass is 290 g/mol. The van der Waals surface area contributed by atoms with Gasteiger partial charge in [-0.2, -0.15) is 0 Å². The topological polar surface area (TPSA) is 17.8 Å². The highest BCUT2D eigenvalue weighted by Crippen LogP contribution is 2.37. The summed E-state index contributed by atoms with van der Waals surface area (Å²) >= 11 is 6.16. The zero-order chi connectivity index (χ0) is 13.9. The van der Waals surface area contributed by atoms with Crippen LogP contribution in [0.15, 0.2) is 24.3 Å². The largest absolute Gasteiger partial charge is 0.324 e. The SMILES string of the molecule is CCC(C1CCCCC1)n1c(CCl)nc2ccccc21. The number of benzene rings is 1. The Morgan fingerprint density at radius 3 is 2.70 bits per heavy atom. The molecular formula is C17H23ClN2. The predicted molar refractivity (Wildman–Crippen MR) is 85.2 cm³/mol. The summed E-state index contributed by atoms with van der Waals surface area (Å²) in [6.07, 6.45) is 8.03. The summed E-state index contributed by atoms with van der Waals surface area (Å²) in [5, 5.41) is 0. The lowest BCUT2D eigenvalue weighted by atomic mass is 9.82. The van der Waals surface area contributed by atoms with Crippen molar-refractivity contribution in [1.82, 2.24) is 9.55 Å². The summed E-state index contributed by atoms with van der Waals surface area (Å²) in [6.45, 7) is 2.30. The Morgan fingerprint density at radius 1 is 1.25 bits per heavy atom. The van der Waals surface area contributed by atoms with Crippen molar-refractivity contribution in [2.45, 2.75) is 57.4 Å². The number of alkyl halides is 1. The lowest BCUT2D eigenvalue weighted by Crippen LogP contribution is -2.22. The van der Waals surface area contributed by atoms with Gasteiger partial charge in [0.1, 0.15) is 5.82 Å². The first-order valence-electron chi connectivity index (χ1n) is 7.87. The Hall–Kier alpha value is -1.02. The molecule has 0 radical (unpaired) electrons. The van der Waals surface area contributed by atoms with E-state index >= 15 is 0 Å². The van der Waals surface area contributed by atoms with Crippen LogP contribution < -0.4 is 0 Å². The molecule has 20 heavy (non-hydrogen) atoms. The summed E-state index contributed by atoms with van der Waals surface area (Å²) in [5.74, 6) is 2.32. The van der Waals surface area contributed by atoms with Crippen molar-refractivity contribution in [2.75, 3.05) is 0 Å². The standard InChI is InChI=1S/C17H23ClN2/c1-2-15(13-8-4-3-5-9-13)20-16-11-7-6-10-14(16)19-17(20)12-18/h6-7,10-11,13,15H,2-5,8-9,12H2,1H3. The molecular weight excluding hydrogens is 268 g/mol. The van der Waals surface area contributed by atoms with Crippen LogP contribution in [-0.2, 0) is 5.88 Å². The summed E-state index contributed by atoms with van der Waals surface area (Å²) in [6, 6.07) is 8.99. The number of halogens is 1. The van der Waals surface area contributed by atoms with E-state index < -0.39 is 0 Å². The molecule has 1 heterocycles. The quantitative estimate of drug-likeness (QED) is 0.698. The first-order valence-corrected chi connectivity index (χ1v) is 8.40. The Kier molecular flexibility index (Phi) is 4.30. The van der Waals surface area contributed by atoms with Gasteiger partial charge in [-0.3, -0.25) is 0 Å². The van der Waals surface area contributed by atoms with Crippen molar-refractivity contribution in [3.8, 4) is 0 Å². The molecule has 1 unspecified atom stereocenters. The molecule has 1 saturated carbocycles. The molecule has 0 saturated heterocycles. The summed E-state index contributed by atoms with van der Waals surface area (Å²) < 4.78 is 2.43. The van der Waals surface area contributed by atoms with Gasteiger partial charge in [0.25, 0.3) is 0 Å². The Morgan fingerprint density at radius 2 is 2.00 bits per heavy atom. The van der Waals surface area contributed by atoms with E-state index in [0.717, 1.165) is 23.7 Å². The van der Waals surface area contributed by atoms with Gasteiger partial charge >= 0.3 is 0 Å². The van der Waals surface area contributed by atoms with Crippen LogP contribution in [0.1, 0.15) is 57.3 Å². The average molecular weight is 291 g/mol. The number of hydrogen-bond acceptors (Lipinski definition) is 1. The number of nitrogens with zero attached hydrogens (tertiary/aromatic N) is 2. The fourth-order valence-electron chi connectivity index (χ4n) is 3.80. The zero-order valence-electron chi connectivity index (χ0n) is 12.2. The van der Waals surface area contributed by atoms with Gasteiger partial charge in [-0.05, 0) is 37.3 Å². The van der Waals surface area contributed by atoms with Crippen LogP contribution in [0.2, 0.25) is 0 Å². The normalized spacial score (nSPS) is 18.5. The molecule has 1 fully saturated rings. The molecule has 3 rings (SSSR count). The van der Waals surface area contributed by atoms with Crippen molar-refractivity contribution >= 4 is 22.6 Å². The van der Waals surface area contributed by atoms with E-state index in [1.807, 2.05) is 0 Å². The second-order valence-corrected chi connectivity index (χ2v) is 6.16. The molecule has 1 aliphatic carbocycles. The van der Waals surface area contributed by atoms with Crippen molar-refractivity contribution in [1.29, 1.82) is 0 Å². The molecule has 0 amide bonds. The number of aromatic nitrogens is 2. The minimum absolute atomic E-state index is 0.498. The Balaban J connectivity index is 2.05. The molecule has 108 valence electrons. The lowest BCUT2D eigenvalue weighted by molar-refractivity contribution is 0.244. The molecule has 0 spiro atoms. The molecule has 1 aromatic heterocycles. The van der Waals surface area contributed by atoms with Crippen molar-refractivity contribution in [3.63, 3.8) is 0 Å². The zero-order valence-corrected chi connectivity index (χ0v) is 12.9. The maximum atomic E-state index is 6.16. The summed E-state index contributed by atoms with van der Waals surface area (Å²) in [4.78, 5) is 4.73. The molecule has 3 heteroatoms. The van der Waals surface area contributed by atoms with Crippen LogP contribution in [0, 0.1) is 5.92 Å². The Bertz CT molecular complexity index is 569. The number of rotatable bonds is 4. The lowest BCUT2D eigenvalue weighted by Gasteiger charge is -2.32.